The third-order valence-electron chi connectivity index (χ3n) is 5.75. The Kier molecular flexibility index (Phi) is 7.55. The number of para-hydroxylation sites is 1. The Labute approximate surface area is 225 Å². The van der Waals surface area contributed by atoms with Crippen LogP contribution in [0.15, 0.2) is 88.5 Å². The number of nitrogens with one attached hydrogen (secondary N) is 1. The minimum absolute atomic E-state index is 0.0221. The molecule has 0 aliphatic carbocycles. The van der Waals surface area contributed by atoms with Gasteiger partial charge in [-0.1, -0.05) is 42.5 Å². The van der Waals surface area contributed by atoms with Crippen LogP contribution in [0.1, 0.15) is 16.7 Å². The fourth-order valence-corrected chi connectivity index (χ4v) is 4.55. The second kappa shape index (κ2) is 11.4. The average Bonchev–Trinajstić information content (AvgIpc) is 3.34. The van der Waals surface area contributed by atoms with Crippen LogP contribution in [0.25, 0.3) is 6.08 Å². The molecule has 38 heavy (non-hydrogen) atoms. The van der Waals surface area contributed by atoms with Gasteiger partial charge in [0.2, 0.25) is 5.17 Å². The highest BCUT2D eigenvalue weighted by Crippen LogP contribution is 2.29. The van der Waals surface area contributed by atoms with Crippen molar-refractivity contribution in [3.05, 3.63) is 95.1 Å². The van der Waals surface area contributed by atoms with Crippen molar-refractivity contribution in [3.63, 3.8) is 0 Å². The molecule has 0 unspecified atom stereocenters. The molecule has 2 aliphatic rings. The van der Waals surface area contributed by atoms with Gasteiger partial charge >= 0.3 is 0 Å². The number of hydrogen-bond acceptors (Lipinski definition) is 7. The lowest BCUT2D eigenvalue weighted by atomic mass is 10.1. The van der Waals surface area contributed by atoms with Gasteiger partial charge in [-0.25, -0.2) is 0 Å². The van der Waals surface area contributed by atoms with Crippen molar-refractivity contribution in [2.75, 3.05) is 19.8 Å². The Morgan fingerprint density at radius 1 is 0.921 bits per heavy atom. The molecule has 0 spiro atoms. The zero-order valence-electron chi connectivity index (χ0n) is 21.0. The average molecular weight is 527 g/mol. The van der Waals surface area contributed by atoms with E-state index in [2.05, 4.69) is 16.2 Å². The number of carbonyl (C=O) groups is 1. The summed E-state index contributed by atoms with van der Waals surface area (Å²) in [4.78, 5) is 16.8. The molecule has 1 amide bonds. The number of fused-ring (bicyclic) bond motifs is 1. The van der Waals surface area contributed by atoms with Crippen LogP contribution in [0.5, 0.6) is 17.2 Å². The number of thioether (sulfide) groups is 1. The van der Waals surface area contributed by atoms with Gasteiger partial charge in [0.05, 0.1) is 5.57 Å². The van der Waals surface area contributed by atoms with Crippen LogP contribution in [-0.2, 0) is 4.79 Å². The van der Waals surface area contributed by atoms with E-state index < -0.39 is 5.91 Å². The number of rotatable bonds is 9. The summed E-state index contributed by atoms with van der Waals surface area (Å²) < 4.78 is 17.4. The molecule has 8 nitrogen and oxygen atoms in total. The van der Waals surface area contributed by atoms with Gasteiger partial charge in [-0.2, -0.15) is 15.1 Å². The fraction of sp³-hybridized carbons (Fsp3) is 0.172. The third-order valence-corrected chi connectivity index (χ3v) is 6.63. The maximum Gasteiger partial charge on any atom is 0.283 e. The van der Waals surface area contributed by atoms with Gasteiger partial charge in [0.1, 0.15) is 42.1 Å². The van der Waals surface area contributed by atoms with Crippen LogP contribution in [0.4, 0.5) is 0 Å². The van der Waals surface area contributed by atoms with Crippen LogP contribution in [0, 0.1) is 19.3 Å². The molecule has 3 aromatic rings. The van der Waals surface area contributed by atoms with E-state index in [0.29, 0.717) is 29.2 Å². The van der Waals surface area contributed by atoms with E-state index in [1.54, 1.807) is 6.08 Å². The summed E-state index contributed by atoms with van der Waals surface area (Å²) in [6.07, 6.45) is 1.64. The van der Waals surface area contributed by atoms with Crippen molar-refractivity contribution in [1.29, 1.82) is 5.41 Å². The van der Waals surface area contributed by atoms with Crippen molar-refractivity contribution < 1.29 is 19.0 Å². The summed E-state index contributed by atoms with van der Waals surface area (Å²) in [6, 6.07) is 22.8. The lowest BCUT2D eigenvalue weighted by molar-refractivity contribution is -0.114. The molecule has 2 aliphatic heterocycles. The van der Waals surface area contributed by atoms with Crippen LogP contribution in [0.2, 0.25) is 0 Å². The highest BCUT2D eigenvalue weighted by atomic mass is 32.2. The number of ether oxygens (including phenoxy) is 3. The Morgan fingerprint density at radius 3 is 2.45 bits per heavy atom. The van der Waals surface area contributed by atoms with E-state index in [-0.39, 0.29) is 18.0 Å². The van der Waals surface area contributed by atoms with E-state index in [0.717, 1.165) is 28.2 Å². The molecular formula is C29H26N4O4S. The lowest BCUT2D eigenvalue weighted by Crippen LogP contribution is -2.35. The Hall–Kier alpha value is -4.37. The highest BCUT2D eigenvalue weighted by molar-refractivity contribution is 8.27. The summed E-state index contributed by atoms with van der Waals surface area (Å²) in [5.74, 6) is 1.77. The molecule has 3 aromatic carbocycles. The van der Waals surface area contributed by atoms with Gasteiger partial charge in [-0.05, 0) is 78.7 Å². The van der Waals surface area contributed by atoms with Gasteiger partial charge in [0.15, 0.2) is 5.84 Å². The van der Waals surface area contributed by atoms with E-state index in [4.69, 9.17) is 19.6 Å². The molecular weight excluding hydrogens is 500 g/mol. The van der Waals surface area contributed by atoms with E-state index in [9.17, 15) is 4.79 Å². The van der Waals surface area contributed by atoms with Crippen molar-refractivity contribution in [3.8, 4) is 17.2 Å². The normalized spacial score (nSPS) is 15.7. The van der Waals surface area contributed by atoms with Gasteiger partial charge in [0.25, 0.3) is 5.91 Å². The number of amidine groups is 2. The van der Waals surface area contributed by atoms with Crippen LogP contribution in [0.3, 0.4) is 0 Å². The maximum absolute atomic E-state index is 12.7. The third kappa shape index (κ3) is 5.95. The molecule has 0 fully saturated rings. The van der Waals surface area contributed by atoms with Crippen molar-refractivity contribution in [1.82, 2.24) is 5.01 Å². The standard InChI is InChI=1S/C29H26N4O4S/c1-19-8-9-20(2)25(16-19)36-15-14-35-23-12-10-21(11-13-23)17-24-27(30)33-29(31-28(24)34)38-26(32-33)18-37-22-6-4-3-5-7-22/h3-13,16-17,30H,14-15,18H2,1-2H3/b24-17-,30-27?. The molecule has 0 bridgehead atoms. The molecule has 9 heteroatoms. The maximum atomic E-state index is 12.7. The Morgan fingerprint density at radius 2 is 1.66 bits per heavy atom. The number of aliphatic imine (C=N–C) groups is 1. The summed E-state index contributed by atoms with van der Waals surface area (Å²) >= 11 is 1.23. The van der Waals surface area contributed by atoms with Crippen LogP contribution < -0.4 is 14.2 Å². The molecule has 2 heterocycles. The molecule has 5 rings (SSSR count). The van der Waals surface area contributed by atoms with E-state index >= 15 is 0 Å². The SMILES string of the molecule is Cc1ccc(C)c(OCCOc2ccc(/C=C3/C(=N)N4N=C(COc5ccccc5)SC4=NC3=O)cc2)c1. The zero-order chi connectivity index (χ0) is 26.5. The summed E-state index contributed by atoms with van der Waals surface area (Å²) in [5.41, 5.74) is 3.15. The fourth-order valence-electron chi connectivity index (χ4n) is 3.75. The number of aryl methyl sites for hydroxylation is 2. The van der Waals surface area contributed by atoms with Crippen LogP contribution >= 0.6 is 11.8 Å². The van der Waals surface area contributed by atoms with Crippen molar-refractivity contribution in [2.24, 2.45) is 10.1 Å². The Bertz CT molecular complexity index is 1450. The first-order valence-electron chi connectivity index (χ1n) is 12.1. The number of benzene rings is 3. The van der Waals surface area contributed by atoms with Gasteiger partial charge in [-0.3, -0.25) is 10.2 Å². The quantitative estimate of drug-likeness (QED) is 0.294. The molecule has 192 valence electrons. The van der Waals surface area contributed by atoms with E-state index in [1.165, 1.54) is 16.8 Å². The largest absolute Gasteiger partial charge is 0.490 e. The van der Waals surface area contributed by atoms with E-state index in [1.807, 2.05) is 80.6 Å². The molecule has 0 radical (unpaired) electrons. The number of nitrogens with zero attached hydrogens (tertiary/aromatic N) is 3. The molecule has 0 saturated heterocycles. The second-order valence-corrected chi connectivity index (χ2v) is 9.69. The molecule has 0 aromatic heterocycles. The van der Waals surface area contributed by atoms with Gasteiger partial charge in [0, 0.05) is 0 Å². The first kappa shape index (κ1) is 25.3. The first-order valence-corrected chi connectivity index (χ1v) is 12.9. The number of carbonyl (C=O) groups excluding carboxylic acids is 1. The van der Waals surface area contributed by atoms with Crippen LogP contribution in [-0.4, -0.2) is 46.8 Å². The number of hydrogen-bond donors (Lipinski definition) is 1. The topological polar surface area (TPSA) is 96.6 Å². The first-order chi connectivity index (χ1) is 18.5. The minimum Gasteiger partial charge on any atom is -0.490 e. The Balaban J connectivity index is 1.17. The minimum atomic E-state index is -0.474. The summed E-state index contributed by atoms with van der Waals surface area (Å²) in [7, 11) is 0. The molecule has 0 atom stereocenters. The smallest absolute Gasteiger partial charge is 0.283 e. The number of amides is 1. The zero-order valence-corrected chi connectivity index (χ0v) is 21.8. The lowest BCUT2D eigenvalue weighted by Gasteiger charge is -2.20. The summed E-state index contributed by atoms with van der Waals surface area (Å²) in [5, 5.41) is 15.3. The highest BCUT2D eigenvalue weighted by Gasteiger charge is 2.35. The van der Waals surface area contributed by atoms with Crippen molar-refractivity contribution >= 4 is 39.8 Å². The van der Waals surface area contributed by atoms with Gasteiger partial charge in [-0.15, -0.1) is 0 Å². The van der Waals surface area contributed by atoms with Gasteiger partial charge < -0.3 is 14.2 Å². The monoisotopic (exact) mass is 526 g/mol. The van der Waals surface area contributed by atoms with Crippen molar-refractivity contribution in [2.45, 2.75) is 13.8 Å². The summed E-state index contributed by atoms with van der Waals surface area (Å²) in [6.45, 7) is 5.09. The predicted molar refractivity (Wildman–Crippen MR) is 150 cm³/mol. The molecule has 1 N–H and O–H groups in total. The predicted octanol–water partition coefficient (Wildman–Crippen LogP) is 5.46. The second-order valence-electron chi connectivity index (χ2n) is 8.65. The number of hydrazone groups is 1. The molecule has 0 saturated carbocycles.